The molecule has 0 amide bonds. The fourth-order valence-corrected chi connectivity index (χ4v) is 0.513. The van der Waals surface area contributed by atoms with Crippen LogP contribution in [0.3, 0.4) is 0 Å². The van der Waals surface area contributed by atoms with Crippen LogP contribution in [0, 0.1) is 28.0 Å². The van der Waals surface area contributed by atoms with E-state index in [4.69, 9.17) is 0 Å². The van der Waals surface area contributed by atoms with Gasteiger partial charge in [-0.1, -0.05) is 0 Å². The molecule has 1 aromatic carbocycles. The molecule has 0 N–H and O–H groups in total. The Bertz CT molecular complexity index is 212. The van der Waals surface area contributed by atoms with Crippen LogP contribution in [0.5, 0.6) is 0 Å². The summed E-state index contributed by atoms with van der Waals surface area (Å²) >= 11 is 0. The van der Waals surface area contributed by atoms with E-state index in [0.29, 0.717) is 0 Å². The average molecular weight is 479 g/mol. The number of rotatable bonds is 0. The first-order valence-electron chi connectivity index (χ1n) is 4.07. The fourth-order valence-electron chi connectivity index (χ4n) is 0.513. The Morgan fingerprint density at radius 1 is 1.18 bits per heavy atom. The number of hydrogen-bond acceptors (Lipinski definition) is 1. The van der Waals surface area contributed by atoms with E-state index < -0.39 is 0 Å². The van der Waals surface area contributed by atoms with Crippen LogP contribution >= 0.6 is 0 Å². The smallest absolute Gasteiger partial charge is 0.0656 e. The zero-order valence-electron chi connectivity index (χ0n) is 11.5. The molecule has 0 fully saturated rings. The van der Waals surface area contributed by atoms with Gasteiger partial charge in [-0.05, 0) is 14.0 Å². The van der Waals surface area contributed by atoms with Crippen molar-refractivity contribution in [2.24, 2.45) is 4.99 Å². The second kappa shape index (κ2) is 21.7. The van der Waals surface area contributed by atoms with Crippen molar-refractivity contribution in [1.29, 1.82) is 0 Å². The Morgan fingerprint density at radius 2 is 1.59 bits per heavy atom. The molecule has 0 unspecified atom stereocenters. The molecule has 4 heteroatoms. The van der Waals surface area contributed by atoms with Gasteiger partial charge in [-0.2, -0.15) is 36.4 Å². The van der Waals surface area contributed by atoms with Gasteiger partial charge in [-0.15, -0.1) is 0 Å². The van der Waals surface area contributed by atoms with Crippen LogP contribution in [0.25, 0.3) is 0 Å². The number of aliphatic imine (C=N–C) groups is 1. The minimum atomic E-state index is 0. The van der Waals surface area contributed by atoms with E-state index in [1.807, 2.05) is 44.3 Å². The van der Waals surface area contributed by atoms with Crippen molar-refractivity contribution < 1.29 is 53.8 Å². The Hall–Kier alpha value is 0.482. The molecule has 0 spiro atoms. The predicted octanol–water partition coefficient (Wildman–Crippen LogP) is 3.14. The Labute approximate surface area is 147 Å². The van der Waals surface area contributed by atoms with E-state index in [1.54, 1.807) is 11.9 Å². The molecule has 0 bridgehead atoms. The molecule has 97 valence electrons. The molecule has 17 heavy (non-hydrogen) atoms. The van der Waals surface area contributed by atoms with Crippen molar-refractivity contribution in [2.75, 3.05) is 14.1 Å². The molecule has 2 nitrogen and oxygen atoms in total. The molecule has 0 aliphatic carbocycles. The van der Waals surface area contributed by atoms with Gasteiger partial charge in [0.1, 0.15) is 0 Å². The van der Waals surface area contributed by atoms with Gasteiger partial charge in [0, 0.05) is 60.8 Å². The standard InChI is InChI=1S/C6H5.C5H11N2.2CH3.W.Y/c1-2-4-6-5-3-1;1-5(6-2)7(3)4;;;;/h1-5H;3H2,1-2,4H3;2*1H3;;/q4*-1;;. The van der Waals surface area contributed by atoms with Crippen molar-refractivity contribution in [2.45, 2.75) is 6.92 Å². The summed E-state index contributed by atoms with van der Waals surface area (Å²) in [6.45, 7) is 1.91. The molecule has 1 aromatic rings. The molecule has 0 saturated heterocycles. The van der Waals surface area contributed by atoms with Crippen molar-refractivity contribution in [1.82, 2.24) is 4.90 Å². The van der Waals surface area contributed by atoms with Crippen molar-refractivity contribution in [3.8, 4) is 0 Å². The maximum Gasteiger partial charge on any atom is 0.0656 e. The summed E-state index contributed by atoms with van der Waals surface area (Å²) in [7, 11) is 7.22. The molecule has 0 aromatic heterocycles. The third-order valence-corrected chi connectivity index (χ3v) is 1.48. The van der Waals surface area contributed by atoms with E-state index in [-0.39, 0.29) is 68.6 Å². The molecule has 0 aliphatic heterocycles. The monoisotopic (exact) mass is 479 g/mol. The van der Waals surface area contributed by atoms with Gasteiger partial charge in [0.2, 0.25) is 0 Å². The third-order valence-electron chi connectivity index (χ3n) is 1.48. The van der Waals surface area contributed by atoms with Gasteiger partial charge in [0.05, 0.1) is 5.84 Å². The summed E-state index contributed by atoms with van der Waals surface area (Å²) in [5.74, 6) is 0.944. The zero-order chi connectivity index (χ0) is 10.1. The third kappa shape index (κ3) is 22.2. The van der Waals surface area contributed by atoms with Gasteiger partial charge in [0.25, 0.3) is 0 Å². The summed E-state index contributed by atoms with van der Waals surface area (Å²) in [6, 6.07) is 12.5. The Kier molecular flexibility index (Phi) is 39.0. The number of hydrogen-bond donors (Lipinski definition) is 0. The Morgan fingerprint density at radius 3 is 1.65 bits per heavy atom. The fraction of sp³-hybridized carbons (Fsp3) is 0.231. The van der Waals surface area contributed by atoms with Crippen LogP contribution in [-0.2, 0) is 53.8 Å². The molecular weight excluding hydrogens is 457 g/mol. The Balaban J connectivity index is -0.0000000458. The SMILES string of the molecule is [CH2-]N(C)C(C)=NC.[CH3-].[CH3-].[W].[Y].[c-]1ccccc1. The van der Waals surface area contributed by atoms with Gasteiger partial charge in [-0.25, -0.2) is 0 Å². The van der Waals surface area contributed by atoms with Crippen LogP contribution in [0.15, 0.2) is 35.3 Å². The van der Waals surface area contributed by atoms with Gasteiger partial charge in [0.15, 0.2) is 0 Å². The minimum absolute atomic E-state index is 0. The largest absolute Gasteiger partial charge is 0.516 e. The molecular formula is C13H22N2WY-4. The van der Waals surface area contributed by atoms with Crippen LogP contribution in [0.2, 0.25) is 0 Å². The van der Waals surface area contributed by atoms with E-state index in [0.717, 1.165) is 5.84 Å². The van der Waals surface area contributed by atoms with Gasteiger partial charge < -0.3 is 19.8 Å². The quantitative estimate of drug-likeness (QED) is 0.318. The summed E-state index contributed by atoms with van der Waals surface area (Å²) in [4.78, 5) is 5.59. The predicted molar refractivity (Wildman–Crippen MR) is 70.3 cm³/mol. The number of nitrogens with zero attached hydrogens (tertiary/aromatic N) is 2. The maximum atomic E-state index is 3.87. The van der Waals surface area contributed by atoms with E-state index in [1.165, 1.54) is 0 Å². The summed E-state index contributed by atoms with van der Waals surface area (Å²) in [5, 5.41) is 0. The first kappa shape index (κ1) is 30.5. The first-order chi connectivity index (χ1) is 6.18. The van der Waals surface area contributed by atoms with Crippen molar-refractivity contribution >= 4 is 5.84 Å². The summed E-state index contributed by atoms with van der Waals surface area (Å²) in [6.07, 6.45) is 0. The molecule has 1 radical (unpaired) electrons. The first-order valence-corrected chi connectivity index (χ1v) is 4.07. The van der Waals surface area contributed by atoms with E-state index in [9.17, 15) is 0 Å². The molecule has 0 saturated carbocycles. The van der Waals surface area contributed by atoms with Gasteiger partial charge in [-0.3, -0.25) is 12.0 Å². The molecule has 0 heterocycles. The van der Waals surface area contributed by atoms with Crippen molar-refractivity contribution in [3.63, 3.8) is 0 Å². The maximum absolute atomic E-state index is 3.87. The minimum Gasteiger partial charge on any atom is -0.516 e. The number of benzene rings is 1. The number of amidine groups is 1. The van der Waals surface area contributed by atoms with Gasteiger partial charge >= 0.3 is 0 Å². The molecule has 1 rings (SSSR count). The summed E-state index contributed by atoms with van der Waals surface area (Å²) in [5.41, 5.74) is 0. The second-order valence-corrected chi connectivity index (χ2v) is 2.55. The second-order valence-electron chi connectivity index (χ2n) is 2.55. The van der Waals surface area contributed by atoms with Crippen LogP contribution in [-0.4, -0.2) is 24.8 Å². The average Bonchev–Trinajstić information content (AvgIpc) is 2.20. The topological polar surface area (TPSA) is 15.6 Å². The summed E-state index contributed by atoms with van der Waals surface area (Å²) < 4.78 is 0. The van der Waals surface area contributed by atoms with Crippen LogP contribution < -0.4 is 0 Å². The van der Waals surface area contributed by atoms with Crippen LogP contribution in [0.4, 0.5) is 0 Å². The zero-order valence-corrected chi connectivity index (χ0v) is 17.2. The van der Waals surface area contributed by atoms with E-state index >= 15 is 0 Å². The van der Waals surface area contributed by atoms with Crippen molar-refractivity contribution in [3.05, 3.63) is 58.3 Å². The molecule has 0 atom stereocenters. The normalized spacial score (nSPS) is 7.65. The molecule has 0 aliphatic rings. The van der Waals surface area contributed by atoms with E-state index in [2.05, 4.69) is 18.1 Å². The van der Waals surface area contributed by atoms with Crippen LogP contribution in [0.1, 0.15) is 6.92 Å².